The van der Waals surface area contributed by atoms with E-state index in [0.29, 0.717) is 36.1 Å². The molecule has 1 aromatic carbocycles. The number of carbonyl (C=O) groups excluding carboxylic acids is 4. The number of aryl methyl sites for hydroxylation is 1. The maximum absolute atomic E-state index is 12.9. The number of rotatable bonds is 9. The summed E-state index contributed by atoms with van der Waals surface area (Å²) in [5.74, 6) is -1.23. The predicted octanol–water partition coefficient (Wildman–Crippen LogP) is 3.29. The Bertz CT molecular complexity index is 1080. The van der Waals surface area contributed by atoms with Gasteiger partial charge in [-0.15, -0.1) is 11.3 Å². The smallest absolute Gasteiger partial charge is 0.310 e. The van der Waals surface area contributed by atoms with Crippen LogP contribution in [0.4, 0.5) is 5.13 Å². The molecule has 36 heavy (non-hydrogen) atoms. The SMILES string of the molecule is CCOC(=O)C1CCCN(C(=O)Cc2csc(NC(=O)CN(C(=O)c3ccc(C)cc3)C(C)C)n2)C1. The Morgan fingerprint density at radius 1 is 1.22 bits per heavy atom. The van der Waals surface area contributed by atoms with Gasteiger partial charge in [-0.2, -0.15) is 0 Å². The predicted molar refractivity (Wildman–Crippen MR) is 138 cm³/mol. The average molecular weight is 515 g/mol. The highest BCUT2D eigenvalue weighted by Gasteiger charge is 2.29. The minimum absolute atomic E-state index is 0.0892. The van der Waals surface area contributed by atoms with Crippen LogP contribution in [0, 0.1) is 12.8 Å². The zero-order valence-corrected chi connectivity index (χ0v) is 22.1. The number of nitrogens with zero attached hydrogens (tertiary/aromatic N) is 3. The Morgan fingerprint density at radius 2 is 1.94 bits per heavy atom. The third-order valence-electron chi connectivity index (χ3n) is 6.02. The first-order chi connectivity index (χ1) is 17.2. The first-order valence-corrected chi connectivity index (χ1v) is 13.1. The summed E-state index contributed by atoms with van der Waals surface area (Å²) in [6, 6.07) is 7.08. The molecular formula is C26H34N4O5S. The zero-order chi connectivity index (χ0) is 26.2. The van der Waals surface area contributed by atoms with E-state index >= 15 is 0 Å². The van der Waals surface area contributed by atoms with E-state index < -0.39 is 0 Å². The molecule has 9 nitrogen and oxygen atoms in total. The van der Waals surface area contributed by atoms with E-state index in [1.54, 1.807) is 29.3 Å². The lowest BCUT2D eigenvalue weighted by molar-refractivity contribution is -0.151. The lowest BCUT2D eigenvalue weighted by Gasteiger charge is -2.31. The van der Waals surface area contributed by atoms with Crippen LogP contribution in [-0.4, -0.2) is 70.8 Å². The van der Waals surface area contributed by atoms with Crippen LogP contribution < -0.4 is 5.32 Å². The maximum atomic E-state index is 12.9. The molecule has 0 radical (unpaired) electrons. The summed E-state index contributed by atoms with van der Waals surface area (Å²) in [5, 5.41) is 4.85. The molecule has 2 aromatic rings. The van der Waals surface area contributed by atoms with Crippen molar-refractivity contribution in [2.75, 3.05) is 31.6 Å². The van der Waals surface area contributed by atoms with Crippen molar-refractivity contribution in [1.29, 1.82) is 0 Å². The Kier molecular flexibility index (Phi) is 9.58. The summed E-state index contributed by atoms with van der Waals surface area (Å²) in [5.41, 5.74) is 2.13. The van der Waals surface area contributed by atoms with E-state index in [-0.39, 0.29) is 48.6 Å². The number of amides is 3. The van der Waals surface area contributed by atoms with Crippen molar-refractivity contribution in [3.05, 3.63) is 46.5 Å². The topological polar surface area (TPSA) is 109 Å². The molecule has 2 heterocycles. The van der Waals surface area contributed by atoms with Gasteiger partial charge in [-0.25, -0.2) is 4.98 Å². The van der Waals surface area contributed by atoms with Gasteiger partial charge in [-0.1, -0.05) is 17.7 Å². The van der Waals surface area contributed by atoms with Crippen LogP contribution in [0.1, 0.15) is 55.2 Å². The molecule has 0 aliphatic carbocycles. The van der Waals surface area contributed by atoms with Crippen LogP contribution in [0.2, 0.25) is 0 Å². The number of esters is 1. The summed E-state index contributed by atoms with van der Waals surface area (Å²) in [6.45, 7) is 8.61. The monoisotopic (exact) mass is 514 g/mol. The number of benzene rings is 1. The van der Waals surface area contributed by atoms with Crippen molar-refractivity contribution in [3.8, 4) is 0 Å². The molecule has 1 aromatic heterocycles. The number of aromatic nitrogens is 1. The fourth-order valence-electron chi connectivity index (χ4n) is 4.03. The number of nitrogens with one attached hydrogen (secondary N) is 1. The second-order valence-electron chi connectivity index (χ2n) is 9.19. The number of likely N-dealkylation sites (tertiary alicyclic amines) is 1. The standard InChI is InChI=1S/C26H34N4O5S/c1-5-35-25(34)20-7-6-12-29(14-20)23(32)13-21-16-36-26(27-21)28-22(31)15-30(17(2)3)24(33)19-10-8-18(4)9-11-19/h8-11,16-17,20H,5-7,12-15H2,1-4H3,(H,27,28,31). The van der Waals surface area contributed by atoms with Crippen molar-refractivity contribution in [2.24, 2.45) is 5.92 Å². The Hall–Kier alpha value is -3.27. The zero-order valence-electron chi connectivity index (χ0n) is 21.3. The maximum Gasteiger partial charge on any atom is 0.310 e. The summed E-state index contributed by atoms with van der Waals surface area (Å²) in [6.07, 6.45) is 1.56. The first-order valence-electron chi connectivity index (χ1n) is 12.2. The largest absolute Gasteiger partial charge is 0.466 e. The van der Waals surface area contributed by atoms with Gasteiger partial charge in [-0.3, -0.25) is 19.2 Å². The minimum Gasteiger partial charge on any atom is -0.466 e. The third kappa shape index (κ3) is 7.36. The molecule has 1 aliphatic rings. The molecule has 1 saturated heterocycles. The van der Waals surface area contributed by atoms with Gasteiger partial charge < -0.3 is 19.9 Å². The average Bonchev–Trinajstić information content (AvgIpc) is 3.29. The van der Waals surface area contributed by atoms with Crippen LogP contribution in [-0.2, 0) is 25.5 Å². The lowest BCUT2D eigenvalue weighted by Crippen LogP contribution is -2.43. The van der Waals surface area contributed by atoms with Gasteiger partial charge >= 0.3 is 5.97 Å². The van der Waals surface area contributed by atoms with Crippen molar-refractivity contribution in [2.45, 2.75) is 53.0 Å². The van der Waals surface area contributed by atoms with Crippen LogP contribution >= 0.6 is 11.3 Å². The molecular weight excluding hydrogens is 480 g/mol. The molecule has 1 aliphatic heterocycles. The van der Waals surface area contributed by atoms with Crippen LogP contribution in [0.5, 0.6) is 0 Å². The Labute approximate surface area is 215 Å². The summed E-state index contributed by atoms with van der Waals surface area (Å²) < 4.78 is 5.10. The molecule has 0 saturated carbocycles. The minimum atomic E-state index is -0.357. The van der Waals surface area contributed by atoms with E-state index in [4.69, 9.17) is 4.74 Å². The number of hydrogen-bond acceptors (Lipinski definition) is 7. The summed E-state index contributed by atoms with van der Waals surface area (Å²) in [7, 11) is 0. The summed E-state index contributed by atoms with van der Waals surface area (Å²) >= 11 is 1.23. The van der Waals surface area contributed by atoms with E-state index in [0.717, 1.165) is 18.4 Å². The molecule has 10 heteroatoms. The highest BCUT2D eigenvalue weighted by atomic mass is 32.1. The van der Waals surface area contributed by atoms with Crippen molar-refractivity contribution >= 4 is 40.2 Å². The van der Waals surface area contributed by atoms with Crippen molar-refractivity contribution < 1.29 is 23.9 Å². The fourth-order valence-corrected chi connectivity index (χ4v) is 4.76. The van der Waals surface area contributed by atoms with Crippen molar-refractivity contribution in [1.82, 2.24) is 14.8 Å². The highest BCUT2D eigenvalue weighted by Crippen LogP contribution is 2.21. The molecule has 194 valence electrons. The second kappa shape index (κ2) is 12.6. The lowest BCUT2D eigenvalue weighted by atomic mass is 9.98. The summed E-state index contributed by atoms with van der Waals surface area (Å²) in [4.78, 5) is 58.0. The third-order valence-corrected chi connectivity index (χ3v) is 6.83. The number of ether oxygens (including phenoxy) is 1. The number of piperidine rings is 1. The molecule has 3 amide bonds. The van der Waals surface area contributed by atoms with Crippen LogP contribution in [0.15, 0.2) is 29.6 Å². The van der Waals surface area contributed by atoms with Gasteiger partial charge in [0.1, 0.15) is 6.54 Å². The van der Waals surface area contributed by atoms with Gasteiger partial charge in [-0.05, 0) is 52.7 Å². The van der Waals surface area contributed by atoms with Crippen LogP contribution in [0.25, 0.3) is 0 Å². The number of thiazole rings is 1. The molecule has 0 spiro atoms. The fraction of sp³-hybridized carbons (Fsp3) is 0.500. The molecule has 3 rings (SSSR count). The van der Waals surface area contributed by atoms with E-state index in [9.17, 15) is 19.2 Å². The number of carbonyl (C=O) groups is 4. The van der Waals surface area contributed by atoms with E-state index in [2.05, 4.69) is 10.3 Å². The molecule has 1 atom stereocenters. The second-order valence-corrected chi connectivity index (χ2v) is 10.1. The van der Waals surface area contributed by atoms with Gasteiger partial charge in [0.05, 0.1) is 24.6 Å². The molecule has 1 N–H and O–H groups in total. The molecule has 1 fully saturated rings. The van der Waals surface area contributed by atoms with Gasteiger partial charge in [0.25, 0.3) is 5.91 Å². The van der Waals surface area contributed by atoms with Crippen LogP contribution in [0.3, 0.4) is 0 Å². The highest BCUT2D eigenvalue weighted by molar-refractivity contribution is 7.13. The Morgan fingerprint density at radius 3 is 2.61 bits per heavy atom. The van der Waals surface area contributed by atoms with Gasteiger partial charge in [0, 0.05) is 30.1 Å². The quantitative estimate of drug-likeness (QED) is 0.515. The molecule has 1 unspecified atom stereocenters. The normalized spacial score (nSPS) is 15.5. The van der Waals surface area contributed by atoms with Gasteiger partial charge in [0.2, 0.25) is 11.8 Å². The van der Waals surface area contributed by atoms with E-state index in [1.807, 2.05) is 32.9 Å². The Balaban J connectivity index is 1.55. The molecule has 0 bridgehead atoms. The first kappa shape index (κ1) is 27.3. The van der Waals surface area contributed by atoms with E-state index in [1.165, 1.54) is 16.2 Å². The number of hydrogen-bond donors (Lipinski definition) is 1. The van der Waals surface area contributed by atoms with Crippen molar-refractivity contribution in [3.63, 3.8) is 0 Å². The number of anilines is 1. The van der Waals surface area contributed by atoms with Gasteiger partial charge in [0.15, 0.2) is 5.13 Å².